The molecule has 24 heavy (non-hydrogen) atoms. The van der Waals surface area contributed by atoms with E-state index in [4.69, 9.17) is 4.74 Å². The average Bonchev–Trinajstić information content (AvgIpc) is 2.77. The van der Waals surface area contributed by atoms with Gasteiger partial charge in [-0.05, 0) is 61.3 Å². The third-order valence-electron chi connectivity index (χ3n) is 3.54. The smallest absolute Gasteiger partial charge is 0.421 e. The van der Waals surface area contributed by atoms with Gasteiger partial charge in [-0.25, -0.2) is 14.3 Å². The lowest BCUT2D eigenvalue weighted by atomic mass is 10.1. The topological polar surface area (TPSA) is 44.1 Å². The summed E-state index contributed by atoms with van der Waals surface area (Å²) in [4.78, 5) is 17.3. The van der Waals surface area contributed by atoms with Crippen LogP contribution in [0, 0.1) is 6.92 Å². The Morgan fingerprint density at radius 3 is 2.42 bits per heavy atom. The fraction of sp³-hybridized carbons (Fsp3) is 0.263. The number of hydrogen-bond donors (Lipinski definition) is 0. The number of pyridine rings is 1. The summed E-state index contributed by atoms with van der Waals surface area (Å²) in [5.74, 6) is 0. The maximum Gasteiger partial charge on any atom is 0.421 e. The number of aromatic nitrogens is 2. The lowest BCUT2D eigenvalue weighted by Crippen LogP contribution is -2.27. The van der Waals surface area contributed by atoms with Crippen LogP contribution in [-0.2, 0) is 4.74 Å². The van der Waals surface area contributed by atoms with Crippen LogP contribution in [0.5, 0.6) is 0 Å². The largest absolute Gasteiger partial charge is 0.443 e. The van der Waals surface area contributed by atoms with Gasteiger partial charge in [0.1, 0.15) is 10.2 Å². The van der Waals surface area contributed by atoms with Gasteiger partial charge in [0.25, 0.3) is 0 Å². The molecule has 3 aromatic rings. The minimum Gasteiger partial charge on any atom is -0.443 e. The highest BCUT2D eigenvalue weighted by Crippen LogP contribution is 2.38. The number of carbonyl (C=O) groups is 1. The molecule has 0 radical (unpaired) electrons. The van der Waals surface area contributed by atoms with Crippen molar-refractivity contribution in [3.63, 3.8) is 0 Å². The summed E-state index contributed by atoms with van der Waals surface area (Å²) in [6.07, 6.45) is -0.445. The van der Waals surface area contributed by atoms with Gasteiger partial charge < -0.3 is 4.74 Å². The highest BCUT2D eigenvalue weighted by molar-refractivity contribution is 9.10. The molecular weight excluding hydrogens is 368 g/mol. The molecule has 2 heterocycles. The standard InChI is InChI=1S/C19H19BrN2O2/c1-12-10-11-14-15(13-8-6-5-7-9-13)16(20)22(17(14)21-12)18(23)24-19(2,3)4/h5-11H,1-4H3. The molecule has 0 saturated heterocycles. The van der Waals surface area contributed by atoms with Crippen molar-refractivity contribution in [3.8, 4) is 11.1 Å². The third-order valence-corrected chi connectivity index (χ3v) is 4.29. The number of hydrogen-bond acceptors (Lipinski definition) is 3. The van der Waals surface area contributed by atoms with E-state index in [2.05, 4.69) is 20.9 Å². The monoisotopic (exact) mass is 386 g/mol. The van der Waals surface area contributed by atoms with Gasteiger partial charge in [-0.3, -0.25) is 0 Å². The van der Waals surface area contributed by atoms with Crippen LogP contribution < -0.4 is 0 Å². The number of ether oxygens (including phenoxy) is 1. The van der Waals surface area contributed by atoms with E-state index >= 15 is 0 Å². The Kier molecular flexibility index (Phi) is 4.22. The van der Waals surface area contributed by atoms with E-state index in [-0.39, 0.29) is 0 Å². The molecule has 0 saturated carbocycles. The van der Waals surface area contributed by atoms with Gasteiger partial charge in [-0.2, -0.15) is 0 Å². The quantitative estimate of drug-likeness (QED) is 0.549. The number of benzene rings is 1. The summed E-state index contributed by atoms with van der Waals surface area (Å²) in [7, 11) is 0. The van der Waals surface area contributed by atoms with Crippen molar-refractivity contribution in [1.82, 2.24) is 9.55 Å². The Hall–Kier alpha value is -2.14. The first-order valence-electron chi connectivity index (χ1n) is 7.74. The minimum atomic E-state index is -0.580. The summed E-state index contributed by atoms with van der Waals surface area (Å²) < 4.78 is 7.70. The van der Waals surface area contributed by atoms with E-state index in [0.29, 0.717) is 10.3 Å². The summed E-state index contributed by atoms with van der Waals surface area (Å²) in [5.41, 5.74) is 2.81. The summed E-state index contributed by atoms with van der Waals surface area (Å²) in [6.45, 7) is 7.45. The molecule has 0 aliphatic rings. The molecule has 3 rings (SSSR count). The predicted molar refractivity (Wildman–Crippen MR) is 99.2 cm³/mol. The van der Waals surface area contributed by atoms with E-state index in [1.807, 2.05) is 70.2 Å². The zero-order valence-corrected chi connectivity index (χ0v) is 15.7. The van der Waals surface area contributed by atoms with Gasteiger partial charge in [-0.1, -0.05) is 30.3 Å². The van der Waals surface area contributed by atoms with E-state index in [1.54, 1.807) is 0 Å². The minimum absolute atomic E-state index is 0.445. The van der Waals surface area contributed by atoms with Gasteiger partial charge in [0.15, 0.2) is 5.65 Å². The maximum atomic E-state index is 12.7. The molecule has 4 nitrogen and oxygen atoms in total. The molecule has 0 spiro atoms. The SMILES string of the molecule is Cc1ccc2c(-c3ccccc3)c(Br)n(C(=O)OC(C)(C)C)c2n1. The van der Waals surface area contributed by atoms with Crippen molar-refractivity contribution >= 4 is 33.1 Å². The lowest BCUT2D eigenvalue weighted by Gasteiger charge is -2.20. The van der Waals surface area contributed by atoms with Crippen LogP contribution in [0.3, 0.4) is 0 Å². The Bertz CT molecular complexity index is 909. The zero-order valence-electron chi connectivity index (χ0n) is 14.1. The fourth-order valence-electron chi connectivity index (χ4n) is 2.58. The Balaban J connectivity index is 2.28. The van der Waals surface area contributed by atoms with Crippen molar-refractivity contribution < 1.29 is 9.53 Å². The molecular formula is C19H19BrN2O2. The fourth-order valence-corrected chi connectivity index (χ4v) is 3.33. The molecule has 0 aliphatic carbocycles. The van der Waals surface area contributed by atoms with Crippen molar-refractivity contribution in [1.29, 1.82) is 0 Å². The molecule has 124 valence electrons. The summed E-state index contributed by atoms with van der Waals surface area (Å²) in [6, 6.07) is 13.9. The van der Waals surface area contributed by atoms with Crippen molar-refractivity contribution in [2.75, 3.05) is 0 Å². The van der Waals surface area contributed by atoms with Crippen LogP contribution in [-0.4, -0.2) is 21.2 Å². The van der Waals surface area contributed by atoms with Crippen LogP contribution in [0.2, 0.25) is 0 Å². The normalized spacial score (nSPS) is 11.7. The molecule has 0 unspecified atom stereocenters. The zero-order chi connectivity index (χ0) is 17.5. The first kappa shape index (κ1) is 16.7. The third kappa shape index (κ3) is 3.08. The highest BCUT2D eigenvalue weighted by atomic mass is 79.9. The molecule has 0 aliphatic heterocycles. The summed E-state index contributed by atoms with van der Waals surface area (Å²) in [5, 5.41) is 0.907. The molecule has 0 N–H and O–H groups in total. The van der Waals surface area contributed by atoms with Crippen LogP contribution in [0.1, 0.15) is 26.5 Å². The number of fused-ring (bicyclic) bond motifs is 1. The van der Waals surface area contributed by atoms with Gasteiger partial charge in [-0.15, -0.1) is 0 Å². The molecule has 2 aromatic heterocycles. The molecule has 5 heteroatoms. The number of halogens is 1. The first-order chi connectivity index (χ1) is 11.3. The van der Waals surface area contributed by atoms with Crippen molar-refractivity contribution in [2.45, 2.75) is 33.3 Å². The number of aryl methyl sites for hydroxylation is 1. The number of carbonyl (C=O) groups excluding carboxylic acids is 1. The van der Waals surface area contributed by atoms with Gasteiger partial charge in [0, 0.05) is 16.6 Å². The van der Waals surface area contributed by atoms with Crippen molar-refractivity contribution in [2.24, 2.45) is 0 Å². The van der Waals surface area contributed by atoms with Crippen LogP contribution in [0.15, 0.2) is 47.1 Å². The number of nitrogens with zero attached hydrogens (tertiary/aromatic N) is 2. The maximum absolute atomic E-state index is 12.7. The molecule has 0 bridgehead atoms. The Labute approximate surface area is 149 Å². The molecule has 0 fully saturated rings. The van der Waals surface area contributed by atoms with E-state index in [9.17, 15) is 4.79 Å². The van der Waals surface area contributed by atoms with Crippen LogP contribution in [0.25, 0.3) is 22.2 Å². The average molecular weight is 387 g/mol. The highest BCUT2D eigenvalue weighted by Gasteiger charge is 2.26. The van der Waals surface area contributed by atoms with Gasteiger partial charge >= 0.3 is 6.09 Å². The second kappa shape index (κ2) is 6.06. The lowest BCUT2D eigenvalue weighted by molar-refractivity contribution is 0.0540. The Morgan fingerprint density at radius 2 is 1.79 bits per heavy atom. The first-order valence-corrected chi connectivity index (χ1v) is 8.53. The molecule has 1 aromatic carbocycles. The van der Waals surface area contributed by atoms with Crippen molar-refractivity contribution in [3.05, 3.63) is 52.8 Å². The van der Waals surface area contributed by atoms with Crippen LogP contribution in [0.4, 0.5) is 4.79 Å². The van der Waals surface area contributed by atoms with E-state index in [0.717, 1.165) is 22.2 Å². The molecule has 0 atom stereocenters. The van der Waals surface area contributed by atoms with Crippen LogP contribution >= 0.6 is 15.9 Å². The summed E-state index contributed by atoms with van der Waals surface area (Å²) >= 11 is 3.59. The van der Waals surface area contributed by atoms with Gasteiger partial charge in [0.2, 0.25) is 0 Å². The second-order valence-electron chi connectivity index (χ2n) is 6.67. The van der Waals surface area contributed by atoms with E-state index < -0.39 is 11.7 Å². The van der Waals surface area contributed by atoms with Gasteiger partial charge in [0.05, 0.1) is 0 Å². The second-order valence-corrected chi connectivity index (χ2v) is 7.42. The number of rotatable bonds is 1. The Morgan fingerprint density at radius 1 is 1.12 bits per heavy atom. The molecule has 0 amide bonds. The van der Waals surface area contributed by atoms with E-state index in [1.165, 1.54) is 4.57 Å². The predicted octanol–water partition coefficient (Wildman–Crippen LogP) is 5.56.